The second kappa shape index (κ2) is 10.1. The molecule has 3 rings (SSSR count). The maximum atomic E-state index is 11.7. The van der Waals surface area contributed by atoms with E-state index in [0.717, 1.165) is 45.0 Å². The van der Waals surface area contributed by atoms with Gasteiger partial charge in [-0.25, -0.2) is 4.79 Å². The average molecular weight is 407 g/mol. The van der Waals surface area contributed by atoms with Crippen LogP contribution >= 0.6 is 11.3 Å². The van der Waals surface area contributed by atoms with Gasteiger partial charge in [-0.15, -0.1) is 11.3 Å². The fourth-order valence-corrected chi connectivity index (χ4v) is 5.35. The maximum absolute atomic E-state index is 11.7. The van der Waals surface area contributed by atoms with Gasteiger partial charge in [-0.05, 0) is 44.1 Å². The van der Waals surface area contributed by atoms with Gasteiger partial charge in [0.1, 0.15) is 0 Å². The SMILES string of the molecule is CCNC(=NCC1(c2cccs2)CCCCC1)NC1CCN(C(=O)OC)CC1. The molecule has 1 amide bonds. The summed E-state index contributed by atoms with van der Waals surface area (Å²) in [5, 5.41) is 9.20. The molecular weight excluding hydrogens is 372 g/mol. The molecule has 2 N–H and O–H groups in total. The number of hydrogen-bond acceptors (Lipinski definition) is 4. The molecule has 0 radical (unpaired) electrons. The minimum atomic E-state index is -0.228. The van der Waals surface area contributed by atoms with E-state index in [9.17, 15) is 4.79 Å². The van der Waals surface area contributed by atoms with Gasteiger partial charge in [0.15, 0.2) is 5.96 Å². The maximum Gasteiger partial charge on any atom is 0.409 e. The third-order valence-electron chi connectivity index (χ3n) is 6.01. The Hall–Kier alpha value is -1.76. The number of piperidine rings is 1. The molecule has 1 saturated heterocycles. The number of hydrogen-bond donors (Lipinski definition) is 2. The standard InChI is InChI=1S/C21H34N4O2S/c1-3-22-19(24-17-9-13-25(14-10-17)20(26)27-2)23-16-21(11-5-4-6-12-21)18-8-7-15-28-18/h7-8,15,17H,3-6,9-14,16H2,1-2H3,(H2,22,23,24). The number of amides is 1. The molecule has 1 aromatic heterocycles. The van der Waals surface area contributed by atoms with Crippen molar-refractivity contribution in [2.24, 2.45) is 4.99 Å². The number of aliphatic imine (C=N–C) groups is 1. The number of carbonyl (C=O) groups is 1. The lowest BCUT2D eigenvalue weighted by Gasteiger charge is -2.36. The van der Waals surface area contributed by atoms with Gasteiger partial charge in [0.2, 0.25) is 0 Å². The van der Waals surface area contributed by atoms with Gasteiger partial charge in [0.25, 0.3) is 0 Å². The Labute approximate surface area is 172 Å². The fourth-order valence-electron chi connectivity index (χ4n) is 4.37. The van der Waals surface area contributed by atoms with Crippen LogP contribution in [0, 0.1) is 0 Å². The van der Waals surface area contributed by atoms with E-state index < -0.39 is 0 Å². The molecule has 2 heterocycles. The Morgan fingerprint density at radius 2 is 2.07 bits per heavy atom. The first-order valence-electron chi connectivity index (χ1n) is 10.6. The normalized spacial score (nSPS) is 20.6. The quantitative estimate of drug-likeness (QED) is 0.578. The van der Waals surface area contributed by atoms with Crippen LogP contribution in [0.2, 0.25) is 0 Å². The summed E-state index contributed by atoms with van der Waals surface area (Å²) in [5.41, 5.74) is 0.197. The lowest BCUT2D eigenvalue weighted by Crippen LogP contribution is -2.50. The van der Waals surface area contributed by atoms with E-state index in [1.807, 2.05) is 11.3 Å². The van der Waals surface area contributed by atoms with Crippen molar-refractivity contribution < 1.29 is 9.53 Å². The van der Waals surface area contributed by atoms with Crippen LogP contribution in [-0.2, 0) is 10.2 Å². The number of likely N-dealkylation sites (tertiary alicyclic amines) is 1. The van der Waals surface area contributed by atoms with E-state index in [1.165, 1.54) is 44.1 Å². The number of nitrogens with zero attached hydrogens (tertiary/aromatic N) is 2. The van der Waals surface area contributed by atoms with Crippen LogP contribution < -0.4 is 10.6 Å². The highest BCUT2D eigenvalue weighted by atomic mass is 32.1. The van der Waals surface area contributed by atoms with Gasteiger partial charge in [-0.1, -0.05) is 25.3 Å². The fraction of sp³-hybridized carbons (Fsp3) is 0.714. The third kappa shape index (κ3) is 5.19. The molecule has 0 unspecified atom stereocenters. The molecule has 28 heavy (non-hydrogen) atoms. The number of carbonyl (C=O) groups excluding carboxylic acids is 1. The van der Waals surface area contributed by atoms with E-state index in [1.54, 1.807) is 4.90 Å². The van der Waals surface area contributed by atoms with Crippen molar-refractivity contribution in [1.29, 1.82) is 0 Å². The number of rotatable bonds is 5. The number of nitrogens with one attached hydrogen (secondary N) is 2. The van der Waals surface area contributed by atoms with E-state index in [0.29, 0.717) is 6.04 Å². The lowest BCUT2D eigenvalue weighted by molar-refractivity contribution is 0.111. The van der Waals surface area contributed by atoms with Gasteiger partial charge in [-0.3, -0.25) is 4.99 Å². The summed E-state index contributed by atoms with van der Waals surface area (Å²) in [6.07, 6.45) is 7.99. The summed E-state index contributed by atoms with van der Waals surface area (Å²) in [6, 6.07) is 4.79. The number of guanidine groups is 1. The van der Waals surface area contributed by atoms with Crippen molar-refractivity contribution in [1.82, 2.24) is 15.5 Å². The van der Waals surface area contributed by atoms with Crippen LogP contribution in [0.15, 0.2) is 22.5 Å². The zero-order valence-corrected chi connectivity index (χ0v) is 18.0. The van der Waals surface area contributed by atoms with Crippen molar-refractivity contribution in [3.05, 3.63) is 22.4 Å². The first-order chi connectivity index (χ1) is 13.7. The topological polar surface area (TPSA) is 66.0 Å². The molecule has 156 valence electrons. The Bertz CT molecular complexity index is 633. The molecule has 1 aliphatic heterocycles. The summed E-state index contributed by atoms with van der Waals surface area (Å²) >= 11 is 1.87. The number of ether oxygens (including phenoxy) is 1. The van der Waals surface area contributed by atoms with Gasteiger partial charge in [-0.2, -0.15) is 0 Å². The van der Waals surface area contributed by atoms with Gasteiger partial charge in [0.05, 0.1) is 13.7 Å². The molecule has 0 spiro atoms. The van der Waals surface area contributed by atoms with E-state index in [4.69, 9.17) is 9.73 Å². The van der Waals surface area contributed by atoms with Gasteiger partial charge >= 0.3 is 6.09 Å². The van der Waals surface area contributed by atoms with Crippen LogP contribution in [0.1, 0.15) is 56.7 Å². The first-order valence-corrected chi connectivity index (χ1v) is 11.5. The monoisotopic (exact) mass is 406 g/mol. The van der Waals surface area contributed by atoms with Crippen molar-refractivity contribution >= 4 is 23.4 Å². The molecule has 0 atom stereocenters. The molecule has 6 nitrogen and oxygen atoms in total. The molecule has 0 bridgehead atoms. The summed E-state index contributed by atoms with van der Waals surface area (Å²) in [6.45, 7) is 5.24. The Kier molecular flexibility index (Phi) is 7.59. The smallest absolute Gasteiger partial charge is 0.409 e. The number of methoxy groups -OCH3 is 1. The Morgan fingerprint density at radius 1 is 1.32 bits per heavy atom. The minimum absolute atomic E-state index is 0.197. The van der Waals surface area contributed by atoms with Crippen molar-refractivity contribution in [3.63, 3.8) is 0 Å². The predicted molar refractivity (Wildman–Crippen MR) is 115 cm³/mol. The second-order valence-corrected chi connectivity index (χ2v) is 8.84. The zero-order chi connectivity index (χ0) is 19.8. The van der Waals surface area contributed by atoms with Crippen molar-refractivity contribution in [3.8, 4) is 0 Å². The molecule has 1 aromatic rings. The van der Waals surface area contributed by atoms with Crippen LogP contribution in [0.3, 0.4) is 0 Å². The lowest BCUT2D eigenvalue weighted by atomic mass is 9.73. The van der Waals surface area contributed by atoms with Crippen LogP contribution in [0.4, 0.5) is 4.79 Å². The van der Waals surface area contributed by atoms with Crippen LogP contribution in [-0.4, -0.2) is 56.3 Å². The number of thiophene rings is 1. The first kappa shape index (κ1) is 21.0. The molecule has 0 aromatic carbocycles. The van der Waals surface area contributed by atoms with Crippen molar-refractivity contribution in [2.75, 3.05) is 33.3 Å². The molecule has 1 saturated carbocycles. The molecular formula is C21H34N4O2S. The highest BCUT2D eigenvalue weighted by molar-refractivity contribution is 7.10. The summed E-state index contributed by atoms with van der Waals surface area (Å²) < 4.78 is 4.83. The van der Waals surface area contributed by atoms with Gasteiger partial charge < -0.3 is 20.3 Å². The van der Waals surface area contributed by atoms with E-state index >= 15 is 0 Å². The second-order valence-electron chi connectivity index (χ2n) is 7.89. The molecule has 2 fully saturated rings. The summed E-state index contributed by atoms with van der Waals surface area (Å²) in [5.74, 6) is 0.903. The average Bonchev–Trinajstić information content (AvgIpc) is 3.28. The Balaban J connectivity index is 1.63. The van der Waals surface area contributed by atoms with E-state index in [2.05, 4.69) is 35.1 Å². The molecule has 1 aliphatic carbocycles. The van der Waals surface area contributed by atoms with Crippen molar-refractivity contribution in [2.45, 2.75) is 63.3 Å². The van der Waals surface area contributed by atoms with E-state index in [-0.39, 0.29) is 11.5 Å². The Morgan fingerprint density at radius 3 is 2.68 bits per heavy atom. The van der Waals surface area contributed by atoms with Crippen LogP contribution in [0.5, 0.6) is 0 Å². The highest BCUT2D eigenvalue weighted by Gasteiger charge is 2.35. The predicted octanol–water partition coefficient (Wildman–Crippen LogP) is 3.74. The molecule has 2 aliphatic rings. The summed E-state index contributed by atoms with van der Waals surface area (Å²) in [7, 11) is 1.44. The highest BCUT2D eigenvalue weighted by Crippen LogP contribution is 2.41. The minimum Gasteiger partial charge on any atom is -0.453 e. The zero-order valence-electron chi connectivity index (χ0n) is 17.2. The molecule has 7 heteroatoms. The third-order valence-corrected chi connectivity index (χ3v) is 7.12. The summed E-state index contributed by atoms with van der Waals surface area (Å²) in [4.78, 5) is 20.0. The largest absolute Gasteiger partial charge is 0.453 e. The van der Waals surface area contributed by atoms with Crippen LogP contribution in [0.25, 0.3) is 0 Å². The van der Waals surface area contributed by atoms with Gasteiger partial charge in [0, 0.05) is 36.0 Å².